The minimum Gasteiger partial charge on any atom is -0.355 e. The minimum absolute atomic E-state index is 0.0881. The molecule has 2 atom stereocenters. The molecule has 1 aromatic carbocycles. The maximum atomic E-state index is 12.8. The molecule has 0 bridgehead atoms. The van der Waals surface area contributed by atoms with Gasteiger partial charge in [0.2, 0.25) is 6.54 Å². The highest BCUT2D eigenvalue weighted by molar-refractivity contribution is 5.55. The van der Waals surface area contributed by atoms with Gasteiger partial charge < -0.3 is 14.3 Å². The zero-order valence-corrected chi connectivity index (χ0v) is 13.2. The summed E-state index contributed by atoms with van der Waals surface area (Å²) in [6, 6.07) is 4.51. The number of aldehydes is 1. The lowest BCUT2D eigenvalue weighted by atomic mass is 9.86. The number of nitro groups is 1. The molecule has 0 fully saturated rings. The number of carbonyl (C=O) groups excluding carboxylic acids is 1. The molecule has 0 aliphatic carbocycles. The largest absolute Gasteiger partial charge is 0.416 e. The highest BCUT2D eigenvalue weighted by atomic mass is 19.4. The second-order valence-corrected chi connectivity index (χ2v) is 5.22. The van der Waals surface area contributed by atoms with Crippen LogP contribution < -0.4 is 0 Å². The van der Waals surface area contributed by atoms with E-state index in [1.807, 2.05) is 0 Å². The number of alkyl halides is 3. The fraction of sp³-hybridized carbons (Fsp3) is 0.533. The van der Waals surface area contributed by atoms with Crippen molar-refractivity contribution in [3.8, 4) is 0 Å². The number of nitrogens with zero attached hydrogens (tertiary/aromatic N) is 1. The van der Waals surface area contributed by atoms with E-state index in [1.54, 1.807) is 0 Å². The summed E-state index contributed by atoms with van der Waals surface area (Å²) in [7, 11) is 2.54. The van der Waals surface area contributed by atoms with Crippen LogP contribution in [0.15, 0.2) is 24.3 Å². The Hall–Kier alpha value is -2.00. The molecule has 6 nitrogen and oxygen atoms in total. The van der Waals surface area contributed by atoms with Gasteiger partial charge in [0.1, 0.15) is 6.29 Å². The minimum atomic E-state index is -4.51. The van der Waals surface area contributed by atoms with Crippen LogP contribution in [0, 0.1) is 22.0 Å². The van der Waals surface area contributed by atoms with Crippen molar-refractivity contribution in [2.24, 2.45) is 11.8 Å². The Morgan fingerprint density at radius 3 is 2.38 bits per heavy atom. The third-order valence-corrected chi connectivity index (χ3v) is 3.62. The molecule has 0 saturated heterocycles. The first-order valence-corrected chi connectivity index (χ1v) is 7.01. The molecule has 134 valence electrons. The fourth-order valence-electron chi connectivity index (χ4n) is 2.49. The van der Waals surface area contributed by atoms with Gasteiger partial charge >= 0.3 is 6.18 Å². The van der Waals surface area contributed by atoms with Crippen LogP contribution in [0.2, 0.25) is 0 Å². The monoisotopic (exact) mass is 349 g/mol. The van der Waals surface area contributed by atoms with Crippen LogP contribution in [0.1, 0.15) is 11.1 Å². The first-order chi connectivity index (χ1) is 11.2. The first-order valence-electron chi connectivity index (χ1n) is 7.01. The molecule has 0 spiro atoms. The van der Waals surface area contributed by atoms with E-state index in [1.165, 1.54) is 26.4 Å². The van der Waals surface area contributed by atoms with Gasteiger partial charge in [-0.05, 0) is 18.1 Å². The summed E-state index contributed by atoms with van der Waals surface area (Å²) in [4.78, 5) is 21.6. The van der Waals surface area contributed by atoms with Gasteiger partial charge in [0, 0.05) is 25.1 Å². The summed E-state index contributed by atoms with van der Waals surface area (Å²) in [5.74, 6) is -1.86. The fourth-order valence-corrected chi connectivity index (χ4v) is 2.49. The summed E-state index contributed by atoms with van der Waals surface area (Å²) in [5.41, 5.74) is -0.591. The molecule has 0 N–H and O–H groups in total. The maximum Gasteiger partial charge on any atom is 0.416 e. The van der Waals surface area contributed by atoms with Crippen molar-refractivity contribution in [2.45, 2.75) is 18.9 Å². The Labute approximate surface area is 136 Å². The van der Waals surface area contributed by atoms with E-state index in [0.29, 0.717) is 6.29 Å². The van der Waals surface area contributed by atoms with Crippen molar-refractivity contribution in [3.05, 3.63) is 45.5 Å². The Kier molecular flexibility index (Phi) is 7.30. The highest BCUT2D eigenvalue weighted by Crippen LogP contribution is 2.30. The highest BCUT2D eigenvalue weighted by Gasteiger charge is 2.35. The van der Waals surface area contributed by atoms with Crippen molar-refractivity contribution in [2.75, 3.05) is 20.8 Å². The predicted molar refractivity (Wildman–Crippen MR) is 77.9 cm³/mol. The van der Waals surface area contributed by atoms with Crippen LogP contribution in [0.3, 0.4) is 0 Å². The molecule has 0 aromatic heterocycles. The SMILES string of the molecule is COC(OC)[C@H](C[N+](=O)[O-])[C@@H](C=O)Cc1cccc(C(F)(F)F)c1. The van der Waals surface area contributed by atoms with Crippen molar-refractivity contribution in [1.29, 1.82) is 0 Å². The van der Waals surface area contributed by atoms with Gasteiger partial charge in [-0.15, -0.1) is 0 Å². The molecular formula is C15H18F3NO5. The number of hydrogen-bond donors (Lipinski definition) is 0. The van der Waals surface area contributed by atoms with Gasteiger partial charge in [-0.1, -0.05) is 18.2 Å². The Bertz CT molecular complexity index is 560. The Morgan fingerprint density at radius 2 is 1.92 bits per heavy atom. The standard InChI is InChI=1S/C15H18F3NO5/c1-23-14(24-2)13(8-19(21)22)11(9-20)6-10-4-3-5-12(7-10)15(16,17)18/h3-5,7,9,11,13-14H,6,8H2,1-2H3/t11-,13-/m1/s1. The zero-order valence-electron chi connectivity index (χ0n) is 13.2. The lowest BCUT2D eigenvalue weighted by Crippen LogP contribution is -2.38. The number of halogens is 3. The zero-order chi connectivity index (χ0) is 18.3. The Balaban J connectivity index is 3.06. The number of carbonyl (C=O) groups is 1. The van der Waals surface area contributed by atoms with E-state index in [-0.39, 0.29) is 12.0 Å². The molecule has 0 saturated carbocycles. The van der Waals surface area contributed by atoms with Gasteiger partial charge in [-0.3, -0.25) is 10.1 Å². The van der Waals surface area contributed by atoms with Crippen LogP contribution in [0.5, 0.6) is 0 Å². The van der Waals surface area contributed by atoms with E-state index in [0.717, 1.165) is 12.1 Å². The topological polar surface area (TPSA) is 78.7 Å². The van der Waals surface area contributed by atoms with E-state index >= 15 is 0 Å². The van der Waals surface area contributed by atoms with Crippen molar-refractivity contribution in [1.82, 2.24) is 0 Å². The van der Waals surface area contributed by atoms with Crippen LogP contribution >= 0.6 is 0 Å². The average Bonchev–Trinajstić information content (AvgIpc) is 2.52. The van der Waals surface area contributed by atoms with Crippen LogP contribution in [-0.4, -0.2) is 38.3 Å². The molecule has 9 heteroatoms. The smallest absolute Gasteiger partial charge is 0.355 e. The molecule has 1 rings (SSSR count). The lowest BCUT2D eigenvalue weighted by Gasteiger charge is -2.26. The van der Waals surface area contributed by atoms with Gasteiger partial charge in [-0.25, -0.2) is 0 Å². The molecule has 24 heavy (non-hydrogen) atoms. The van der Waals surface area contributed by atoms with E-state index < -0.39 is 41.3 Å². The summed E-state index contributed by atoms with van der Waals surface area (Å²) >= 11 is 0. The summed E-state index contributed by atoms with van der Waals surface area (Å²) in [6.45, 7) is -0.602. The molecule has 0 aliphatic rings. The molecular weight excluding hydrogens is 331 g/mol. The van der Waals surface area contributed by atoms with E-state index in [9.17, 15) is 28.1 Å². The van der Waals surface area contributed by atoms with E-state index in [2.05, 4.69) is 0 Å². The normalized spacial score (nSPS) is 14.4. The maximum absolute atomic E-state index is 12.8. The van der Waals surface area contributed by atoms with Crippen LogP contribution in [-0.2, 0) is 26.9 Å². The van der Waals surface area contributed by atoms with Gasteiger partial charge in [0.25, 0.3) is 0 Å². The van der Waals surface area contributed by atoms with Crippen LogP contribution in [0.25, 0.3) is 0 Å². The number of ether oxygens (including phenoxy) is 2. The quantitative estimate of drug-likeness (QED) is 0.296. The van der Waals surface area contributed by atoms with Crippen molar-refractivity contribution < 1.29 is 32.4 Å². The molecule has 0 aliphatic heterocycles. The molecule has 0 unspecified atom stereocenters. The van der Waals surface area contributed by atoms with Crippen molar-refractivity contribution in [3.63, 3.8) is 0 Å². The predicted octanol–water partition coefficient (Wildman–Crippen LogP) is 2.57. The van der Waals surface area contributed by atoms with Crippen molar-refractivity contribution >= 4 is 6.29 Å². The summed E-state index contributed by atoms with van der Waals surface area (Å²) in [6.07, 6.45) is -5.13. The molecule has 0 amide bonds. The van der Waals surface area contributed by atoms with E-state index in [4.69, 9.17) is 9.47 Å². The first kappa shape index (κ1) is 20.0. The Morgan fingerprint density at radius 1 is 1.29 bits per heavy atom. The van der Waals surface area contributed by atoms with Gasteiger partial charge in [0.15, 0.2) is 6.29 Å². The van der Waals surface area contributed by atoms with Gasteiger partial charge in [0.05, 0.1) is 11.5 Å². The molecule has 0 radical (unpaired) electrons. The van der Waals surface area contributed by atoms with Crippen LogP contribution in [0.4, 0.5) is 13.2 Å². The summed E-state index contributed by atoms with van der Waals surface area (Å²) in [5, 5.41) is 10.8. The third kappa shape index (κ3) is 5.57. The number of rotatable bonds is 9. The lowest BCUT2D eigenvalue weighted by molar-refractivity contribution is -0.495. The average molecular weight is 349 g/mol. The number of methoxy groups -OCH3 is 2. The second-order valence-electron chi connectivity index (χ2n) is 5.22. The number of hydrogen-bond acceptors (Lipinski definition) is 5. The third-order valence-electron chi connectivity index (χ3n) is 3.62. The van der Waals surface area contributed by atoms with Gasteiger partial charge in [-0.2, -0.15) is 13.2 Å². The number of benzene rings is 1. The summed E-state index contributed by atoms with van der Waals surface area (Å²) < 4.78 is 48.3. The second kappa shape index (κ2) is 8.74. The molecule has 0 heterocycles. The molecule has 1 aromatic rings.